The number of hydrogen-bond donors (Lipinski definition) is 1. The van der Waals surface area contributed by atoms with Crippen molar-refractivity contribution in [3.05, 3.63) is 30.1 Å². The molecular formula is C12H15N7. The van der Waals surface area contributed by atoms with Crippen LogP contribution in [0.4, 0.5) is 5.69 Å². The Morgan fingerprint density at radius 3 is 2.84 bits per heavy atom. The Kier molecular flexibility index (Phi) is 2.66. The van der Waals surface area contributed by atoms with Gasteiger partial charge in [-0.05, 0) is 12.8 Å². The molecule has 0 atom stereocenters. The third-order valence-electron chi connectivity index (χ3n) is 3.17. The lowest BCUT2D eigenvalue weighted by Gasteiger charge is -2.05. The van der Waals surface area contributed by atoms with Gasteiger partial charge in [0.05, 0.1) is 17.1 Å². The van der Waals surface area contributed by atoms with Crippen LogP contribution in [-0.2, 0) is 12.8 Å². The summed E-state index contributed by atoms with van der Waals surface area (Å²) in [5.74, 6) is 0.656. The van der Waals surface area contributed by atoms with E-state index < -0.39 is 0 Å². The van der Waals surface area contributed by atoms with E-state index in [9.17, 15) is 0 Å². The Morgan fingerprint density at radius 2 is 2.11 bits per heavy atom. The molecule has 0 fully saturated rings. The van der Waals surface area contributed by atoms with Gasteiger partial charge in [0.2, 0.25) is 5.65 Å². The van der Waals surface area contributed by atoms with Gasteiger partial charge in [0.1, 0.15) is 6.33 Å². The molecule has 3 heterocycles. The van der Waals surface area contributed by atoms with E-state index in [1.54, 1.807) is 23.4 Å². The van der Waals surface area contributed by atoms with Crippen molar-refractivity contribution in [1.82, 2.24) is 29.4 Å². The predicted molar refractivity (Wildman–Crippen MR) is 71.1 cm³/mol. The first-order valence-corrected chi connectivity index (χ1v) is 6.27. The first kappa shape index (κ1) is 11.6. The van der Waals surface area contributed by atoms with Crippen LogP contribution in [-0.4, -0.2) is 29.4 Å². The molecule has 0 radical (unpaired) electrons. The summed E-state index contributed by atoms with van der Waals surface area (Å²) >= 11 is 0. The Labute approximate surface area is 110 Å². The number of nitrogens with two attached hydrogens (primary N) is 1. The molecule has 3 rings (SSSR count). The standard InChI is InChI=1S/C12H15N7/c1-3-8-10(13)9(4-2)19(17-8)11-12-16-15-7-18(12)6-5-14-11/h5-7H,3-4,13H2,1-2H3. The van der Waals surface area contributed by atoms with Crippen molar-refractivity contribution in [2.45, 2.75) is 26.7 Å². The average Bonchev–Trinajstić information content (AvgIpc) is 3.02. The number of hydrogen-bond acceptors (Lipinski definition) is 5. The maximum Gasteiger partial charge on any atom is 0.205 e. The number of aryl methyl sites for hydroxylation is 1. The fourth-order valence-corrected chi connectivity index (χ4v) is 2.19. The molecule has 0 unspecified atom stereocenters. The molecule has 0 aliphatic carbocycles. The number of aromatic nitrogens is 6. The molecule has 0 saturated heterocycles. The maximum absolute atomic E-state index is 6.13. The van der Waals surface area contributed by atoms with Gasteiger partial charge in [-0.25, -0.2) is 9.67 Å². The minimum absolute atomic E-state index is 0.656. The van der Waals surface area contributed by atoms with E-state index >= 15 is 0 Å². The van der Waals surface area contributed by atoms with Crippen molar-refractivity contribution in [2.24, 2.45) is 0 Å². The Morgan fingerprint density at radius 1 is 1.26 bits per heavy atom. The summed E-state index contributed by atoms with van der Waals surface area (Å²) < 4.78 is 3.59. The first-order chi connectivity index (χ1) is 9.26. The Hall–Kier alpha value is -2.44. The second-order valence-electron chi connectivity index (χ2n) is 4.24. The van der Waals surface area contributed by atoms with Crippen LogP contribution in [0.3, 0.4) is 0 Å². The highest BCUT2D eigenvalue weighted by molar-refractivity contribution is 5.58. The van der Waals surface area contributed by atoms with Crippen molar-refractivity contribution < 1.29 is 0 Å². The zero-order valence-corrected chi connectivity index (χ0v) is 10.9. The fraction of sp³-hybridized carbons (Fsp3) is 0.333. The quantitative estimate of drug-likeness (QED) is 0.756. The molecule has 7 nitrogen and oxygen atoms in total. The smallest absolute Gasteiger partial charge is 0.205 e. The molecule has 98 valence electrons. The minimum atomic E-state index is 0.656. The molecule has 3 aromatic heterocycles. The van der Waals surface area contributed by atoms with Crippen LogP contribution in [0, 0.1) is 0 Å². The topological polar surface area (TPSA) is 86.9 Å². The second-order valence-corrected chi connectivity index (χ2v) is 4.24. The van der Waals surface area contributed by atoms with E-state index in [4.69, 9.17) is 5.73 Å². The molecule has 0 aromatic carbocycles. The van der Waals surface area contributed by atoms with Gasteiger partial charge in [0, 0.05) is 12.4 Å². The summed E-state index contributed by atoms with van der Waals surface area (Å²) in [5, 5.41) is 12.5. The minimum Gasteiger partial charge on any atom is -0.396 e. The van der Waals surface area contributed by atoms with Gasteiger partial charge in [-0.1, -0.05) is 13.8 Å². The number of nitrogens with zero attached hydrogens (tertiary/aromatic N) is 6. The van der Waals surface area contributed by atoms with E-state index in [1.807, 2.05) is 18.2 Å². The zero-order valence-electron chi connectivity index (χ0n) is 10.9. The SMILES string of the molecule is CCc1nn(-c2nccn3cnnc23)c(CC)c1N. The highest BCUT2D eigenvalue weighted by Crippen LogP contribution is 2.22. The Bertz CT molecular complexity index is 725. The normalized spacial score (nSPS) is 11.3. The molecule has 0 spiro atoms. The molecule has 3 aromatic rings. The van der Waals surface area contributed by atoms with Gasteiger partial charge >= 0.3 is 0 Å². The molecule has 0 amide bonds. The summed E-state index contributed by atoms with van der Waals surface area (Å²) in [6.45, 7) is 4.08. The molecule has 0 aliphatic rings. The first-order valence-electron chi connectivity index (χ1n) is 6.27. The van der Waals surface area contributed by atoms with Gasteiger partial charge in [0.25, 0.3) is 0 Å². The van der Waals surface area contributed by atoms with Crippen LogP contribution in [0.1, 0.15) is 25.2 Å². The zero-order chi connectivity index (χ0) is 13.4. The molecule has 0 saturated carbocycles. The molecular weight excluding hydrogens is 242 g/mol. The molecule has 0 aliphatic heterocycles. The van der Waals surface area contributed by atoms with Crippen molar-refractivity contribution in [2.75, 3.05) is 5.73 Å². The summed E-state index contributed by atoms with van der Waals surface area (Å²) in [4.78, 5) is 4.37. The Balaban J connectivity index is 2.29. The lowest BCUT2D eigenvalue weighted by Crippen LogP contribution is -2.07. The van der Waals surface area contributed by atoms with Gasteiger partial charge in [-0.3, -0.25) is 4.40 Å². The molecule has 2 N–H and O–H groups in total. The van der Waals surface area contributed by atoms with Crippen molar-refractivity contribution in [1.29, 1.82) is 0 Å². The second kappa shape index (κ2) is 4.34. The average molecular weight is 257 g/mol. The molecule has 7 heteroatoms. The monoisotopic (exact) mass is 257 g/mol. The third kappa shape index (κ3) is 1.66. The number of nitrogen functional groups attached to an aromatic ring is 1. The van der Waals surface area contributed by atoms with Crippen LogP contribution in [0.25, 0.3) is 11.5 Å². The van der Waals surface area contributed by atoms with Gasteiger partial charge in [0.15, 0.2) is 5.82 Å². The van der Waals surface area contributed by atoms with Crippen LogP contribution < -0.4 is 5.73 Å². The number of anilines is 1. The van der Waals surface area contributed by atoms with Gasteiger partial charge in [-0.2, -0.15) is 5.10 Å². The highest BCUT2D eigenvalue weighted by atomic mass is 15.4. The maximum atomic E-state index is 6.13. The van der Waals surface area contributed by atoms with Crippen molar-refractivity contribution in [3.63, 3.8) is 0 Å². The fourth-order valence-electron chi connectivity index (χ4n) is 2.19. The third-order valence-corrected chi connectivity index (χ3v) is 3.17. The molecule has 0 bridgehead atoms. The van der Waals surface area contributed by atoms with Crippen LogP contribution >= 0.6 is 0 Å². The van der Waals surface area contributed by atoms with Gasteiger partial charge in [-0.15, -0.1) is 10.2 Å². The summed E-state index contributed by atoms with van der Waals surface area (Å²) in [6.07, 6.45) is 6.73. The van der Waals surface area contributed by atoms with E-state index in [2.05, 4.69) is 20.3 Å². The highest BCUT2D eigenvalue weighted by Gasteiger charge is 2.17. The van der Waals surface area contributed by atoms with Crippen molar-refractivity contribution in [3.8, 4) is 5.82 Å². The summed E-state index contributed by atoms with van der Waals surface area (Å²) in [6, 6.07) is 0. The molecule has 19 heavy (non-hydrogen) atoms. The summed E-state index contributed by atoms with van der Waals surface area (Å²) in [7, 11) is 0. The number of rotatable bonds is 3. The van der Waals surface area contributed by atoms with E-state index in [0.717, 1.165) is 29.9 Å². The largest absolute Gasteiger partial charge is 0.396 e. The van der Waals surface area contributed by atoms with Crippen molar-refractivity contribution >= 4 is 11.3 Å². The summed E-state index contributed by atoms with van der Waals surface area (Å²) in [5.41, 5.74) is 9.39. The van der Waals surface area contributed by atoms with E-state index in [-0.39, 0.29) is 0 Å². The van der Waals surface area contributed by atoms with E-state index in [0.29, 0.717) is 11.5 Å². The lowest BCUT2D eigenvalue weighted by atomic mass is 10.2. The van der Waals surface area contributed by atoms with Crippen LogP contribution in [0.15, 0.2) is 18.7 Å². The predicted octanol–water partition coefficient (Wildman–Crippen LogP) is 1.02. The lowest BCUT2D eigenvalue weighted by molar-refractivity contribution is 0.770. The van der Waals surface area contributed by atoms with E-state index in [1.165, 1.54) is 0 Å². The van der Waals surface area contributed by atoms with Gasteiger partial charge < -0.3 is 5.73 Å². The van der Waals surface area contributed by atoms with Crippen LogP contribution in [0.2, 0.25) is 0 Å². The van der Waals surface area contributed by atoms with Crippen LogP contribution in [0.5, 0.6) is 0 Å². The number of fused-ring (bicyclic) bond motifs is 1.